The lowest BCUT2D eigenvalue weighted by atomic mass is 9.79. The quantitative estimate of drug-likeness (QED) is 0.714. The number of aliphatic hydroxyl groups is 1. The summed E-state index contributed by atoms with van der Waals surface area (Å²) in [6.07, 6.45) is 3.70. The van der Waals surface area contributed by atoms with Gasteiger partial charge in [-0.05, 0) is 30.5 Å². The van der Waals surface area contributed by atoms with Crippen LogP contribution < -0.4 is 10.6 Å². The molecule has 2 amide bonds. The molecule has 23 heavy (non-hydrogen) atoms. The molecule has 128 valence electrons. The van der Waals surface area contributed by atoms with E-state index < -0.39 is 6.10 Å². The fraction of sp³-hybridized carbons (Fsp3) is 0.588. The fourth-order valence-corrected chi connectivity index (χ4v) is 3.40. The first-order valence-electron chi connectivity index (χ1n) is 8.00. The molecule has 1 unspecified atom stereocenters. The van der Waals surface area contributed by atoms with E-state index >= 15 is 0 Å². The molecule has 6 heteroatoms. The smallest absolute Gasteiger partial charge is 0.314 e. The number of halogens is 1. The van der Waals surface area contributed by atoms with E-state index in [1.54, 1.807) is 0 Å². The third-order valence-electron chi connectivity index (χ3n) is 4.44. The van der Waals surface area contributed by atoms with Gasteiger partial charge in [-0.15, -0.1) is 0 Å². The van der Waals surface area contributed by atoms with Crippen molar-refractivity contribution < 1.29 is 14.6 Å². The first-order valence-corrected chi connectivity index (χ1v) is 8.38. The lowest BCUT2D eigenvalue weighted by molar-refractivity contribution is 0.0659. The molecule has 0 spiro atoms. The van der Waals surface area contributed by atoms with Crippen LogP contribution in [0.1, 0.15) is 31.2 Å². The van der Waals surface area contributed by atoms with Gasteiger partial charge in [0.25, 0.3) is 0 Å². The van der Waals surface area contributed by atoms with Crippen LogP contribution in [0.5, 0.6) is 0 Å². The first-order chi connectivity index (χ1) is 11.1. The highest BCUT2D eigenvalue weighted by atomic mass is 35.5. The average Bonchev–Trinajstić information content (AvgIpc) is 3.01. The monoisotopic (exact) mass is 340 g/mol. The molecule has 0 aliphatic heterocycles. The molecular formula is C17H25ClN2O3. The summed E-state index contributed by atoms with van der Waals surface area (Å²) < 4.78 is 4.83. The summed E-state index contributed by atoms with van der Waals surface area (Å²) >= 11 is 6.12. The number of amides is 2. The van der Waals surface area contributed by atoms with E-state index in [0.717, 1.165) is 30.7 Å². The number of aliphatic hydroxyl groups excluding tert-OH is 1. The largest absolute Gasteiger partial charge is 0.389 e. The van der Waals surface area contributed by atoms with Crippen LogP contribution in [0.4, 0.5) is 4.79 Å². The number of hydrogen-bond acceptors (Lipinski definition) is 3. The van der Waals surface area contributed by atoms with E-state index in [2.05, 4.69) is 16.7 Å². The van der Waals surface area contributed by atoms with Crippen LogP contribution in [-0.4, -0.2) is 44.0 Å². The summed E-state index contributed by atoms with van der Waals surface area (Å²) in [5, 5.41) is 15.9. The van der Waals surface area contributed by atoms with Crippen molar-refractivity contribution in [2.45, 2.75) is 37.2 Å². The Kier molecular flexibility index (Phi) is 6.69. The number of hydrogen-bond donors (Lipinski definition) is 3. The molecule has 0 heterocycles. The number of methoxy groups -OCH3 is 1. The number of nitrogens with one attached hydrogen (secondary N) is 2. The zero-order chi connectivity index (χ0) is 16.7. The predicted molar refractivity (Wildman–Crippen MR) is 90.9 cm³/mol. The van der Waals surface area contributed by atoms with Gasteiger partial charge in [0.1, 0.15) is 0 Å². The molecule has 1 aliphatic rings. The van der Waals surface area contributed by atoms with E-state index in [1.807, 2.05) is 18.2 Å². The minimum absolute atomic E-state index is 0.0482. The maximum absolute atomic E-state index is 11.9. The van der Waals surface area contributed by atoms with Crippen molar-refractivity contribution in [1.29, 1.82) is 0 Å². The minimum atomic E-state index is -0.695. The highest BCUT2D eigenvalue weighted by Gasteiger charge is 2.36. The maximum atomic E-state index is 11.9. The summed E-state index contributed by atoms with van der Waals surface area (Å²) in [4.78, 5) is 11.9. The van der Waals surface area contributed by atoms with E-state index in [9.17, 15) is 9.90 Å². The molecule has 0 bridgehead atoms. The van der Waals surface area contributed by atoms with Gasteiger partial charge in [0.2, 0.25) is 0 Å². The zero-order valence-electron chi connectivity index (χ0n) is 13.5. The summed E-state index contributed by atoms with van der Waals surface area (Å²) in [6.45, 7) is 0.941. The van der Waals surface area contributed by atoms with Crippen LogP contribution in [0.2, 0.25) is 5.02 Å². The average molecular weight is 341 g/mol. The summed E-state index contributed by atoms with van der Waals surface area (Å²) in [5.74, 6) is 0. The molecule has 5 nitrogen and oxygen atoms in total. The van der Waals surface area contributed by atoms with Gasteiger partial charge in [-0.3, -0.25) is 0 Å². The van der Waals surface area contributed by atoms with Crippen LogP contribution in [0.15, 0.2) is 24.3 Å². The molecule has 3 N–H and O–H groups in total. The number of carbonyl (C=O) groups excluding carboxylic acids is 1. The highest BCUT2D eigenvalue weighted by molar-refractivity contribution is 6.30. The Morgan fingerprint density at radius 3 is 2.78 bits per heavy atom. The Bertz CT molecular complexity index is 518. The number of rotatable bonds is 7. The second-order valence-electron chi connectivity index (χ2n) is 6.17. The molecule has 2 rings (SSSR count). The second kappa shape index (κ2) is 8.52. The number of benzene rings is 1. The molecule has 0 aromatic heterocycles. The molecule has 1 aromatic carbocycles. The Morgan fingerprint density at radius 1 is 1.39 bits per heavy atom. The van der Waals surface area contributed by atoms with E-state index in [1.165, 1.54) is 12.7 Å². The van der Waals surface area contributed by atoms with Crippen molar-refractivity contribution in [2.75, 3.05) is 26.8 Å². The second-order valence-corrected chi connectivity index (χ2v) is 6.61. The fourth-order valence-electron chi connectivity index (χ4n) is 3.21. The van der Waals surface area contributed by atoms with Crippen molar-refractivity contribution in [3.05, 3.63) is 34.9 Å². The van der Waals surface area contributed by atoms with Gasteiger partial charge in [-0.25, -0.2) is 4.79 Å². The minimum Gasteiger partial charge on any atom is -0.389 e. The van der Waals surface area contributed by atoms with Gasteiger partial charge in [-0.1, -0.05) is 36.6 Å². The Hall–Kier alpha value is -1.30. The molecule has 1 aliphatic carbocycles. The molecule has 0 saturated heterocycles. The Balaban J connectivity index is 1.91. The first kappa shape index (κ1) is 18.0. The van der Waals surface area contributed by atoms with Crippen molar-refractivity contribution in [2.24, 2.45) is 0 Å². The Labute approximate surface area is 142 Å². The van der Waals surface area contributed by atoms with E-state index in [0.29, 0.717) is 6.54 Å². The van der Waals surface area contributed by atoms with Gasteiger partial charge in [0.05, 0.1) is 12.7 Å². The highest BCUT2D eigenvalue weighted by Crippen LogP contribution is 2.41. The maximum Gasteiger partial charge on any atom is 0.314 e. The van der Waals surface area contributed by atoms with Gasteiger partial charge < -0.3 is 20.5 Å². The van der Waals surface area contributed by atoms with Gasteiger partial charge >= 0.3 is 6.03 Å². The summed E-state index contributed by atoms with van der Waals surface area (Å²) in [6, 6.07) is 7.63. The summed E-state index contributed by atoms with van der Waals surface area (Å²) in [5.41, 5.74) is 1.13. The number of carbonyl (C=O) groups is 1. The third kappa shape index (κ3) is 5.09. The van der Waals surface area contributed by atoms with Gasteiger partial charge in [0, 0.05) is 30.6 Å². The van der Waals surface area contributed by atoms with Crippen LogP contribution in [0, 0.1) is 0 Å². The normalized spacial score (nSPS) is 17.7. The van der Waals surface area contributed by atoms with Crippen molar-refractivity contribution in [3.63, 3.8) is 0 Å². The van der Waals surface area contributed by atoms with Gasteiger partial charge in [0.15, 0.2) is 0 Å². The van der Waals surface area contributed by atoms with Crippen LogP contribution in [-0.2, 0) is 10.2 Å². The van der Waals surface area contributed by atoms with Crippen LogP contribution in [0.25, 0.3) is 0 Å². The van der Waals surface area contributed by atoms with Crippen LogP contribution in [0.3, 0.4) is 0 Å². The van der Waals surface area contributed by atoms with E-state index in [4.69, 9.17) is 16.3 Å². The predicted octanol–water partition coefficient (Wildman–Crippen LogP) is 2.46. The topological polar surface area (TPSA) is 70.6 Å². The van der Waals surface area contributed by atoms with E-state index in [-0.39, 0.29) is 24.6 Å². The van der Waals surface area contributed by atoms with Crippen molar-refractivity contribution in [3.8, 4) is 0 Å². The molecule has 1 saturated carbocycles. The zero-order valence-corrected chi connectivity index (χ0v) is 14.2. The Morgan fingerprint density at radius 2 is 2.13 bits per heavy atom. The van der Waals surface area contributed by atoms with Crippen molar-refractivity contribution >= 4 is 17.6 Å². The molecule has 1 atom stereocenters. The third-order valence-corrected chi connectivity index (χ3v) is 4.68. The van der Waals surface area contributed by atoms with Gasteiger partial charge in [-0.2, -0.15) is 0 Å². The molecule has 0 radical (unpaired) electrons. The van der Waals surface area contributed by atoms with Crippen molar-refractivity contribution in [1.82, 2.24) is 10.6 Å². The number of ether oxygens (including phenoxy) is 1. The lowest BCUT2D eigenvalue weighted by Gasteiger charge is -2.30. The SMILES string of the molecule is COCC(O)CNC(=O)NCC1(c2cccc(Cl)c2)CCCC1. The molecular weight excluding hydrogens is 316 g/mol. The molecule has 1 fully saturated rings. The molecule has 1 aromatic rings. The number of urea groups is 1. The summed E-state index contributed by atoms with van der Waals surface area (Å²) in [7, 11) is 1.51. The standard InChI is InChI=1S/C17H25ClN2O3/c1-23-11-15(21)10-19-16(22)20-12-17(7-2-3-8-17)13-5-4-6-14(18)9-13/h4-6,9,15,21H,2-3,7-8,10-12H2,1H3,(H2,19,20,22). The van der Waals surface area contributed by atoms with Crippen LogP contribution >= 0.6 is 11.6 Å². The lowest BCUT2D eigenvalue weighted by Crippen LogP contribution is -2.46.